The molecule has 1 aliphatic heterocycles. The molecule has 176 valence electrons. The maximum atomic E-state index is 9.40. The van der Waals surface area contributed by atoms with Crippen molar-refractivity contribution in [2.45, 2.75) is 40.2 Å². The predicted molar refractivity (Wildman–Crippen MR) is 140 cm³/mol. The van der Waals surface area contributed by atoms with E-state index in [0.29, 0.717) is 13.2 Å². The first kappa shape index (κ1) is 26.4. The zero-order valence-electron chi connectivity index (χ0n) is 19.5. The summed E-state index contributed by atoms with van der Waals surface area (Å²) in [5.41, 5.74) is 4.61. The quantitative estimate of drug-likeness (QED) is 0.256. The molecule has 0 radical (unpaired) electrons. The zero-order chi connectivity index (χ0) is 22.3. The van der Waals surface area contributed by atoms with E-state index in [2.05, 4.69) is 66.7 Å². The monoisotopic (exact) mass is 553 g/mol. The van der Waals surface area contributed by atoms with E-state index in [1.165, 1.54) is 11.1 Å². The lowest BCUT2D eigenvalue weighted by molar-refractivity contribution is 0.127. The Bertz CT molecular complexity index is 891. The minimum Gasteiger partial charge on any atom is -0.457 e. The van der Waals surface area contributed by atoms with Gasteiger partial charge in [-0.2, -0.15) is 0 Å². The van der Waals surface area contributed by atoms with Gasteiger partial charge in [0, 0.05) is 38.8 Å². The molecule has 32 heavy (non-hydrogen) atoms. The van der Waals surface area contributed by atoms with Gasteiger partial charge in [-0.25, -0.2) is 0 Å². The smallest absolute Gasteiger partial charge is 0.191 e. The van der Waals surface area contributed by atoms with Crippen LogP contribution in [-0.2, 0) is 11.3 Å². The number of aliphatic imine (C=N–C) groups is 1. The van der Waals surface area contributed by atoms with E-state index in [-0.39, 0.29) is 36.0 Å². The first-order chi connectivity index (χ1) is 14.9. The lowest BCUT2D eigenvalue weighted by Gasteiger charge is -2.27. The summed E-state index contributed by atoms with van der Waals surface area (Å²) < 4.78 is 11.7. The number of aliphatic hydroxyl groups excluding tert-OH is 1. The number of benzene rings is 2. The summed E-state index contributed by atoms with van der Waals surface area (Å²) in [5.74, 6) is 2.48. The van der Waals surface area contributed by atoms with Crippen LogP contribution in [0.3, 0.4) is 0 Å². The molecule has 2 aromatic carbocycles. The summed E-state index contributed by atoms with van der Waals surface area (Å²) in [4.78, 5) is 4.33. The number of ether oxygens (including phenoxy) is 2. The van der Waals surface area contributed by atoms with Crippen molar-refractivity contribution < 1.29 is 14.6 Å². The van der Waals surface area contributed by atoms with Gasteiger partial charge in [0.2, 0.25) is 0 Å². The number of nitrogens with zero attached hydrogens (tertiary/aromatic N) is 1. The van der Waals surface area contributed by atoms with Gasteiger partial charge >= 0.3 is 0 Å². The highest BCUT2D eigenvalue weighted by atomic mass is 127. The molecule has 0 saturated carbocycles. The Labute approximate surface area is 208 Å². The average molecular weight is 553 g/mol. The molecule has 2 aromatic rings. The van der Waals surface area contributed by atoms with E-state index in [1.807, 2.05) is 6.07 Å². The molecule has 0 bridgehead atoms. The van der Waals surface area contributed by atoms with Crippen molar-refractivity contribution in [2.75, 3.05) is 33.4 Å². The van der Waals surface area contributed by atoms with Crippen molar-refractivity contribution in [3.8, 4) is 11.5 Å². The minimum absolute atomic E-state index is 0. The largest absolute Gasteiger partial charge is 0.457 e. The maximum Gasteiger partial charge on any atom is 0.191 e. The van der Waals surface area contributed by atoms with Crippen molar-refractivity contribution in [2.24, 2.45) is 10.4 Å². The van der Waals surface area contributed by atoms with Crippen molar-refractivity contribution in [3.05, 3.63) is 58.7 Å². The Hall–Kier alpha value is -1.84. The van der Waals surface area contributed by atoms with Crippen LogP contribution in [-0.4, -0.2) is 44.5 Å². The Morgan fingerprint density at radius 3 is 2.47 bits per heavy atom. The highest BCUT2D eigenvalue weighted by molar-refractivity contribution is 14.0. The molecule has 6 nitrogen and oxygen atoms in total. The van der Waals surface area contributed by atoms with E-state index in [9.17, 15) is 5.11 Å². The first-order valence-electron chi connectivity index (χ1n) is 10.9. The molecule has 0 aromatic heterocycles. The fourth-order valence-corrected chi connectivity index (χ4v) is 4.04. The fourth-order valence-electron chi connectivity index (χ4n) is 4.04. The van der Waals surface area contributed by atoms with E-state index in [0.717, 1.165) is 54.6 Å². The van der Waals surface area contributed by atoms with Crippen molar-refractivity contribution in [1.29, 1.82) is 0 Å². The minimum atomic E-state index is -0.0178. The van der Waals surface area contributed by atoms with Gasteiger partial charge < -0.3 is 25.2 Å². The van der Waals surface area contributed by atoms with Gasteiger partial charge in [-0.1, -0.05) is 18.2 Å². The third-order valence-electron chi connectivity index (χ3n) is 5.80. The van der Waals surface area contributed by atoms with Gasteiger partial charge in [-0.3, -0.25) is 4.99 Å². The van der Waals surface area contributed by atoms with Crippen LogP contribution in [0.2, 0.25) is 0 Å². The lowest BCUT2D eigenvalue weighted by atomic mass is 9.84. The molecular weight excluding hydrogens is 517 g/mol. The maximum absolute atomic E-state index is 9.40. The Balaban J connectivity index is 0.00000363. The topological polar surface area (TPSA) is 75.1 Å². The van der Waals surface area contributed by atoms with Gasteiger partial charge in [0.1, 0.15) is 11.5 Å². The highest BCUT2D eigenvalue weighted by Crippen LogP contribution is 2.31. The van der Waals surface area contributed by atoms with Crippen LogP contribution in [0.25, 0.3) is 0 Å². The van der Waals surface area contributed by atoms with Crippen LogP contribution in [0.15, 0.2) is 41.4 Å². The number of guanidine groups is 1. The van der Waals surface area contributed by atoms with Crippen molar-refractivity contribution >= 4 is 29.9 Å². The molecule has 1 heterocycles. The van der Waals surface area contributed by atoms with E-state index in [4.69, 9.17) is 9.47 Å². The van der Waals surface area contributed by atoms with Crippen molar-refractivity contribution in [1.82, 2.24) is 10.6 Å². The summed E-state index contributed by atoms with van der Waals surface area (Å²) in [7, 11) is 1.77. The zero-order valence-corrected chi connectivity index (χ0v) is 21.9. The van der Waals surface area contributed by atoms with Crippen LogP contribution < -0.4 is 15.4 Å². The fraction of sp³-hybridized carbons (Fsp3) is 0.480. The van der Waals surface area contributed by atoms with Crippen LogP contribution in [0.5, 0.6) is 11.5 Å². The molecular formula is C25H36IN3O3. The van der Waals surface area contributed by atoms with Crippen LogP contribution in [0.1, 0.15) is 35.1 Å². The summed E-state index contributed by atoms with van der Waals surface area (Å²) in [6.45, 7) is 9.21. The number of rotatable bonds is 8. The van der Waals surface area contributed by atoms with E-state index in [1.54, 1.807) is 7.05 Å². The summed E-state index contributed by atoms with van der Waals surface area (Å²) in [6, 6.07) is 12.5. The van der Waals surface area contributed by atoms with Gasteiger partial charge in [0.05, 0.1) is 6.61 Å². The molecule has 1 fully saturated rings. The molecule has 1 unspecified atom stereocenters. The van der Waals surface area contributed by atoms with Crippen LogP contribution >= 0.6 is 24.0 Å². The summed E-state index contributed by atoms with van der Waals surface area (Å²) in [5, 5.41) is 16.2. The third kappa shape index (κ3) is 7.35. The number of halogens is 1. The lowest BCUT2D eigenvalue weighted by Crippen LogP contribution is -2.44. The molecule has 0 aliphatic carbocycles. The van der Waals surface area contributed by atoms with Crippen LogP contribution in [0, 0.1) is 26.2 Å². The summed E-state index contributed by atoms with van der Waals surface area (Å²) >= 11 is 0. The van der Waals surface area contributed by atoms with Gasteiger partial charge in [-0.15, -0.1) is 24.0 Å². The normalized spacial score (nSPS) is 18.2. The molecule has 3 N–H and O–H groups in total. The molecule has 7 heteroatoms. The molecule has 3 rings (SSSR count). The van der Waals surface area contributed by atoms with Gasteiger partial charge in [0.25, 0.3) is 0 Å². The SMILES string of the molecule is CN=C(NCc1ccc(Oc2cc(C)cc(C)c2)c(C)c1)NCC1(CCO)CCOC1.I. The number of hydrogen-bond donors (Lipinski definition) is 3. The molecule has 1 aliphatic rings. The molecule has 1 atom stereocenters. The number of aryl methyl sites for hydroxylation is 3. The predicted octanol–water partition coefficient (Wildman–Crippen LogP) is 4.48. The highest BCUT2D eigenvalue weighted by Gasteiger charge is 2.34. The number of nitrogens with one attached hydrogen (secondary N) is 2. The van der Waals surface area contributed by atoms with Crippen LogP contribution in [0.4, 0.5) is 0 Å². The third-order valence-corrected chi connectivity index (χ3v) is 5.80. The van der Waals surface area contributed by atoms with Crippen molar-refractivity contribution in [3.63, 3.8) is 0 Å². The molecule has 0 spiro atoms. The van der Waals surface area contributed by atoms with E-state index >= 15 is 0 Å². The second kappa shape index (κ2) is 12.4. The average Bonchev–Trinajstić information content (AvgIpc) is 3.18. The van der Waals surface area contributed by atoms with Gasteiger partial charge in [0.15, 0.2) is 5.96 Å². The number of hydrogen-bond acceptors (Lipinski definition) is 4. The second-order valence-corrected chi connectivity index (χ2v) is 8.58. The Morgan fingerprint density at radius 1 is 1.12 bits per heavy atom. The number of aliphatic hydroxyl groups is 1. The standard InChI is InChI=1S/C25H35N3O3.HI/c1-18-11-19(2)13-22(12-18)31-23-6-5-21(14-20(23)3)15-27-24(26-4)28-16-25(7-9-29)8-10-30-17-25;/h5-6,11-14,29H,7-10,15-17H2,1-4H3,(H2,26,27,28);1H. The summed E-state index contributed by atoms with van der Waals surface area (Å²) in [6.07, 6.45) is 1.69. The Morgan fingerprint density at radius 2 is 1.88 bits per heavy atom. The molecule has 0 amide bonds. The Kier molecular flexibility index (Phi) is 10.2. The first-order valence-corrected chi connectivity index (χ1v) is 10.9. The van der Waals surface area contributed by atoms with E-state index < -0.39 is 0 Å². The molecule has 1 saturated heterocycles. The second-order valence-electron chi connectivity index (χ2n) is 8.58. The van der Waals surface area contributed by atoms with Gasteiger partial charge in [-0.05, 0) is 74.1 Å².